The lowest BCUT2D eigenvalue weighted by Crippen LogP contribution is -2.21. The first kappa shape index (κ1) is 9.30. The van der Waals surface area contributed by atoms with Gasteiger partial charge in [-0.15, -0.1) is 0 Å². The smallest absolute Gasteiger partial charge is 0.161 e. The van der Waals surface area contributed by atoms with Gasteiger partial charge in [-0.1, -0.05) is 6.07 Å². The maximum absolute atomic E-state index is 5.81. The lowest BCUT2D eigenvalue weighted by molar-refractivity contribution is 0.171. The molecule has 0 saturated carbocycles. The molecule has 0 bridgehead atoms. The third-order valence-corrected chi connectivity index (χ3v) is 2.25. The summed E-state index contributed by atoms with van der Waals surface area (Å²) in [5.74, 6) is 1.54. The summed E-state index contributed by atoms with van der Waals surface area (Å²) in [4.78, 5) is 0. The summed E-state index contributed by atoms with van der Waals surface area (Å²) < 4.78 is 10.8. The summed E-state index contributed by atoms with van der Waals surface area (Å²) in [5.41, 5.74) is 12.3. The van der Waals surface area contributed by atoms with E-state index in [0.717, 1.165) is 17.1 Å². The lowest BCUT2D eigenvalue weighted by Gasteiger charge is -2.20. The van der Waals surface area contributed by atoms with Gasteiger partial charge in [0.2, 0.25) is 0 Å². The van der Waals surface area contributed by atoms with E-state index < -0.39 is 0 Å². The molecule has 0 aromatic heterocycles. The van der Waals surface area contributed by atoms with Crippen LogP contribution in [-0.2, 0) is 0 Å². The van der Waals surface area contributed by atoms with Crippen LogP contribution in [0.3, 0.4) is 0 Å². The molecular formula is C10H14N2O2. The van der Waals surface area contributed by atoms with Crippen LogP contribution in [0.2, 0.25) is 0 Å². The van der Waals surface area contributed by atoms with Gasteiger partial charge < -0.3 is 20.9 Å². The molecule has 4 nitrogen and oxygen atoms in total. The zero-order valence-electron chi connectivity index (χ0n) is 7.90. The van der Waals surface area contributed by atoms with Crippen molar-refractivity contribution in [1.82, 2.24) is 0 Å². The Balaban J connectivity index is 2.29. The predicted molar refractivity (Wildman–Crippen MR) is 53.4 cm³/mol. The Labute approximate surface area is 82.8 Å². The van der Waals surface area contributed by atoms with Crippen LogP contribution in [-0.4, -0.2) is 19.8 Å². The summed E-state index contributed by atoms with van der Waals surface area (Å²) in [6, 6.07) is 5.56. The number of benzene rings is 1. The van der Waals surface area contributed by atoms with E-state index >= 15 is 0 Å². The molecule has 0 spiro atoms. The molecule has 76 valence electrons. The molecule has 1 heterocycles. The average molecular weight is 194 g/mol. The third kappa shape index (κ3) is 1.66. The van der Waals surface area contributed by atoms with Crippen LogP contribution < -0.4 is 20.9 Å². The fourth-order valence-electron chi connectivity index (χ4n) is 1.43. The predicted octanol–water partition coefficient (Wildman–Crippen LogP) is 0.416. The van der Waals surface area contributed by atoms with Crippen LogP contribution in [0.25, 0.3) is 0 Å². The molecular weight excluding hydrogens is 180 g/mol. The number of hydrogen-bond acceptors (Lipinski definition) is 4. The molecule has 1 aliphatic heterocycles. The SMILES string of the molecule is NCC(N)c1ccc2c(c1)OCCO2. The molecule has 2 rings (SSSR count). The van der Waals surface area contributed by atoms with E-state index in [4.69, 9.17) is 20.9 Å². The Bertz CT molecular complexity index is 328. The van der Waals surface area contributed by atoms with E-state index in [1.54, 1.807) is 0 Å². The van der Waals surface area contributed by atoms with Crippen molar-refractivity contribution in [3.8, 4) is 11.5 Å². The third-order valence-electron chi connectivity index (χ3n) is 2.25. The molecule has 4 N–H and O–H groups in total. The zero-order valence-corrected chi connectivity index (χ0v) is 7.90. The Morgan fingerprint density at radius 3 is 2.64 bits per heavy atom. The first-order valence-corrected chi connectivity index (χ1v) is 4.66. The number of ether oxygens (including phenoxy) is 2. The second kappa shape index (κ2) is 3.86. The maximum atomic E-state index is 5.81. The number of hydrogen-bond donors (Lipinski definition) is 2. The van der Waals surface area contributed by atoms with Gasteiger partial charge in [0.15, 0.2) is 11.5 Å². The minimum atomic E-state index is -0.133. The highest BCUT2D eigenvalue weighted by Crippen LogP contribution is 2.31. The Kier molecular flexibility index (Phi) is 2.56. The van der Waals surface area contributed by atoms with Gasteiger partial charge in [0.25, 0.3) is 0 Å². The molecule has 0 fully saturated rings. The van der Waals surface area contributed by atoms with Gasteiger partial charge in [-0.25, -0.2) is 0 Å². The minimum absolute atomic E-state index is 0.133. The summed E-state index contributed by atoms with van der Waals surface area (Å²) >= 11 is 0. The average Bonchev–Trinajstić information content (AvgIpc) is 2.27. The molecule has 1 atom stereocenters. The van der Waals surface area contributed by atoms with E-state index in [2.05, 4.69) is 0 Å². The summed E-state index contributed by atoms with van der Waals surface area (Å²) in [6.07, 6.45) is 0. The first-order valence-electron chi connectivity index (χ1n) is 4.66. The molecule has 4 heteroatoms. The highest BCUT2D eigenvalue weighted by Gasteiger charge is 2.13. The highest BCUT2D eigenvalue weighted by atomic mass is 16.6. The molecule has 0 radical (unpaired) electrons. The van der Waals surface area contributed by atoms with Crippen molar-refractivity contribution >= 4 is 0 Å². The first-order chi connectivity index (χ1) is 6.81. The maximum Gasteiger partial charge on any atom is 0.161 e. The molecule has 1 aliphatic rings. The van der Waals surface area contributed by atoms with Crippen molar-refractivity contribution in [1.29, 1.82) is 0 Å². The monoisotopic (exact) mass is 194 g/mol. The second-order valence-corrected chi connectivity index (χ2v) is 3.25. The molecule has 1 unspecified atom stereocenters. The second-order valence-electron chi connectivity index (χ2n) is 3.25. The van der Waals surface area contributed by atoms with E-state index in [9.17, 15) is 0 Å². The van der Waals surface area contributed by atoms with Crippen molar-refractivity contribution in [2.75, 3.05) is 19.8 Å². The fraction of sp³-hybridized carbons (Fsp3) is 0.400. The summed E-state index contributed by atoms with van der Waals surface area (Å²) in [7, 11) is 0. The molecule has 14 heavy (non-hydrogen) atoms. The van der Waals surface area contributed by atoms with Crippen molar-refractivity contribution in [2.45, 2.75) is 6.04 Å². The zero-order chi connectivity index (χ0) is 9.97. The van der Waals surface area contributed by atoms with Gasteiger partial charge in [0.1, 0.15) is 13.2 Å². The number of rotatable bonds is 2. The molecule has 1 aromatic rings. The molecule has 1 aromatic carbocycles. The van der Waals surface area contributed by atoms with Crippen LogP contribution in [0.5, 0.6) is 11.5 Å². The standard InChI is InChI=1S/C10H14N2O2/c11-6-8(12)7-1-2-9-10(5-7)14-4-3-13-9/h1-2,5,8H,3-4,6,11-12H2. The van der Waals surface area contributed by atoms with E-state index in [0.29, 0.717) is 19.8 Å². The van der Waals surface area contributed by atoms with Crippen molar-refractivity contribution in [2.24, 2.45) is 11.5 Å². The van der Waals surface area contributed by atoms with Gasteiger partial charge >= 0.3 is 0 Å². The Hall–Kier alpha value is -1.26. The van der Waals surface area contributed by atoms with Crippen molar-refractivity contribution in [3.05, 3.63) is 23.8 Å². The lowest BCUT2D eigenvalue weighted by atomic mass is 10.1. The van der Waals surface area contributed by atoms with Gasteiger partial charge in [0, 0.05) is 12.6 Å². The number of nitrogens with two attached hydrogens (primary N) is 2. The Morgan fingerprint density at radius 1 is 1.21 bits per heavy atom. The fourth-order valence-corrected chi connectivity index (χ4v) is 1.43. The minimum Gasteiger partial charge on any atom is -0.486 e. The van der Waals surface area contributed by atoms with Crippen LogP contribution in [0.1, 0.15) is 11.6 Å². The van der Waals surface area contributed by atoms with Gasteiger partial charge in [-0.05, 0) is 17.7 Å². The van der Waals surface area contributed by atoms with Crippen LogP contribution in [0, 0.1) is 0 Å². The van der Waals surface area contributed by atoms with Crippen LogP contribution in [0.4, 0.5) is 0 Å². The Morgan fingerprint density at radius 2 is 1.93 bits per heavy atom. The van der Waals surface area contributed by atoms with E-state index in [1.807, 2.05) is 18.2 Å². The van der Waals surface area contributed by atoms with Gasteiger partial charge in [0.05, 0.1) is 0 Å². The van der Waals surface area contributed by atoms with Gasteiger partial charge in [-0.3, -0.25) is 0 Å². The van der Waals surface area contributed by atoms with Crippen LogP contribution >= 0.6 is 0 Å². The largest absolute Gasteiger partial charge is 0.486 e. The molecule has 0 saturated heterocycles. The van der Waals surface area contributed by atoms with Crippen LogP contribution in [0.15, 0.2) is 18.2 Å². The van der Waals surface area contributed by atoms with Crippen molar-refractivity contribution < 1.29 is 9.47 Å². The molecule has 0 amide bonds. The normalized spacial score (nSPS) is 16.4. The highest BCUT2D eigenvalue weighted by molar-refractivity contribution is 5.44. The van der Waals surface area contributed by atoms with E-state index in [-0.39, 0.29) is 6.04 Å². The van der Waals surface area contributed by atoms with Gasteiger partial charge in [-0.2, -0.15) is 0 Å². The summed E-state index contributed by atoms with van der Waals surface area (Å²) in [6.45, 7) is 1.63. The molecule has 0 aliphatic carbocycles. The summed E-state index contributed by atoms with van der Waals surface area (Å²) in [5, 5.41) is 0. The quantitative estimate of drug-likeness (QED) is 0.715. The van der Waals surface area contributed by atoms with E-state index in [1.165, 1.54) is 0 Å². The number of fused-ring (bicyclic) bond motifs is 1. The van der Waals surface area contributed by atoms with Crippen molar-refractivity contribution in [3.63, 3.8) is 0 Å². The topological polar surface area (TPSA) is 70.5 Å².